The van der Waals surface area contributed by atoms with Crippen molar-refractivity contribution < 1.29 is 32.9 Å². The van der Waals surface area contributed by atoms with Gasteiger partial charge in [0.1, 0.15) is 0 Å². The molecule has 42 heavy (non-hydrogen) atoms. The first-order valence-electron chi connectivity index (χ1n) is 13.4. The van der Waals surface area contributed by atoms with Gasteiger partial charge in [-0.3, -0.25) is 0 Å². The molecule has 0 saturated carbocycles. The number of carboxylic acids is 1. The largest absolute Gasteiger partial charge is 0.478 e. The zero-order valence-electron chi connectivity index (χ0n) is 22.6. The van der Waals surface area contributed by atoms with Crippen LogP contribution in [0.2, 0.25) is 0 Å². The van der Waals surface area contributed by atoms with Crippen molar-refractivity contribution in [2.75, 3.05) is 5.75 Å². The number of benzene rings is 4. The van der Waals surface area contributed by atoms with Crippen LogP contribution in [0.25, 0.3) is 0 Å². The standard InChI is InChI=1S/C32H31NO7S2/c34-20-23-8-10-24(11-9-23)30-18-27(21-41-28-16-14-25(15-17-28)31(35)36)39-32(40-30)26-12-6-22(7-13-26)19-33-42(37,38)29-4-2-1-3-5-29/h1-17,27,30,32-34H,18-21H2,(H,35,36)/t27-,30+,32+/m1/s1. The van der Waals surface area contributed by atoms with E-state index in [1.807, 2.05) is 48.5 Å². The van der Waals surface area contributed by atoms with E-state index in [4.69, 9.17) is 14.6 Å². The maximum atomic E-state index is 12.6. The maximum Gasteiger partial charge on any atom is 0.335 e. The Kier molecular flexibility index (Phi) is 9.73. The number of carbonyl (C=O) groups is 1. The molecule has 218 valence electrons. The lowest BCUT2D eigenvalue weighted by Gasteiger charge is -2.36. The van der Waals surface area contributed by atoms with E-state index in [0.29, 0.717) is 12.2 Å². The molecule has 4 aromatic rings. The Hall–Kier alpha value is -3.51. The second kappa shape index (κ2) is 13.6. The molecule has 8 nitrogen and oxygen atoms in total. The monoisotopic (exact) mass is 605 g/mol. The number of ether oxygens (including phenoxy) is 2. The summed E-state index contributed by atoms with van der Waals surface area (Å²) in [7, 11) is -3.62. The van der Waals surface area contributed by atoms with Crippen LogP contribution in [0.1, 0.15) is 51.4 Å². The van der Waals surface area contributed by atoms with Crippen LogP contribution in [0.3, 0.4) is 0 Å². The number of aliphatic hydroxyl groups excluding tert-OH is 1. The number of aromatic carboxylic acids is 1. The fourth-order valence-corrected chi connectivity index (χ4v) is 6.52. The van der Waals surface area contributed by atoms with Gasteiger partial charge in [0.05, 0.1) is 29.3 Å². The number of sulfonamides is 1. The lowest BCUT2D eigenvalue weighted by atomic mass is 10.0. The fraction of sp³-hybridized carbons (Fsp3) is 0.219. The average molecular weight is 606 g/mol. The summed E-state index contributed by atoms with van der Waals surface area (Å²) in [4.78, 5) is 12.3. The second-order valence-electron chi connectivity index (χ2n) is 9.87. The molecule has 1 aliphatic heterocycles. The smallest absolute Gasteiger partial charge is 0.335 e. The van der Waals surface area contributed by atoms with E-state index in [0.717, 1.165) is 27.1 Å². The highest BCUT2D eigenvalue weighted by Crippen LogP contribution is 2.39. The summed E-state index contributed by atoms with van der Waals surface area (Å²) in [5, 5.41) is 18.6. The summed E-state index contributed by atoms with van der Waals surface area (Å²) >= 11 is 1.59. The molecular weight excluding hydrogens is 574 g/mol. The summed E-state index contributed by atoms with van der Waals surface area (Å²) in [6.45, 7) is 0.106. The summed E-state index contributed by atoms with van der Waals surface area (Å²) in [6.07, 6.45) is -0.424. The molecule has 10 heteroatoms. The average Bonchev–Trinajstić information content (AvgIpc) is 3.03. The van der Waals surface area contributed by atoms with Crippen molar-refractivity contribution in [1.29, 1.82) is 0 Å². The Morgan fingerprint density at radius 3 is 2.12 bits per heavy atom. The molecule has 1 heterocycles. The van der Waals surface area contributed by atoms with Gasteiger partial charge in [-0.1, -0.05) is 66.7 Å². The van der Waals surface area contributed by atoms with Crippen molar-refractivity contribution in [3.8, 4) is 0 Å². The topological polar surface area (TPSA) is 122 Å². The summed E-state index contributed by atoms with van der Waals surface area (Å²) in [6, 6.07) is 30.1. The summed E-state index contributed by atoms with van der Waals surface area (Å²) < 4.78 is 40.6. The Bertz CT molecular complexity index is 1580. The number of carboxylic acid groups (broad SMARTS) is 1. The molecule has 0 radical (unpaired) electrons. The van der Waals surface area contributed by atoms with Crippen LogP contribution in [0.4, 0.5) is 0 Å². The molecule has 0 aromatic heterocycles. The van der Waals surface area contributed by atoms with Crippen molar-refractivity contribution >= 4 is 27.8 Å². The van der Waals surface area contributed by atoms with E-state index < -0.39 is 22.3 Å². The number of rotatable bonds is 11. The molecule has 0 unspecified atom stereocenters. The minimum atomic E-state index is -3.62. The van der Waals surface area contributed by atoms with Gasteiger partial charge in [-0.25, -0.2) is 17.9 Å². The Morgan fingerprint density at radius 1 is 0.833 bits per heavy atom. The predicted octanol–water partition coefficient (Wildman–Crippen LogP) is 5.69. The number of thioether (sulfide) groups is 1. The zero-order chi connectivity index (χ0) is 29.5. The number of nitrogens with one attached hydrogen (secondary N) is 1. The molecule has 1 aliphatic rings. The molecule has 1 saturated heterocycles. The van der Waals surface area contributed by atoms with Gasteiger partial charge in [-0.2, -0.15) is 0 Å². The SMILES string of the molecule is O=C(O)c1ccc(SC[C@H]2C[C@@H](c3ccc(CO)cc3)O[C@@H](c3ccc(CNS(=O)(=O)c4ccccc4)cc3)O2)cc1. The van der Waals surface area contributed by atoms with E-state index in [1.165, 1.54) is 0 Å². The van der Waals surface area contributed by atoms with E-state index in [2.05, 4.69) is 4.72 Å². The minimum absolute atomic E-state index is 0.0364. The first kappa shape index (κ1) is 30.0. The lowest BCUT2D eigenvalue weighted by molar-refractivity contribution is -0.245. The first-order valence-corrected chi connectivity index (χ1v) is 15.9. The molecule has 0 amide bonds. The van der Waals surface area contributed by atoms with Crippen LogP contribution in [-0.4, -0.2) is 36.5 Å². The van der Waals surface area contributed by atoms with Crippen LogP contribution >= 0.6 is 11.8 Å². The Labute approximate surface area is 249 Å². The molecular formula is C32H31NO7S2. The molecule has 3 N–H and O–H groups in total. The van der Waals surface area contributed by atoms with Crippen LogP contribution < -0.4 is 4.72 Å². The van der Waals surface area contributed by atoms with Crippen LogP contribution in [0.15, 0.2) is 113 Å². The third-order valence-corrected chi connectivity index (χ3v) is 9.48. The quantitative estimate of drug-likeness (QED) is 0.186. The highest BCUT2D eigenvalue weighted by Gasteiger charge is 2.32. The lowest BCUT2D eigenvalue weighted by Crippen LogP contribution is -2.31. The first-order chi connectivity index (χ1) is 20.3. The van der Waals surface area contributed by atoms with Gasteiger partial charge in [-0.05, 0) is 53.1 Å². The molecule has 0 aliphatic carbocycles. The van der Waals surface area contributed by atoms with Gasteiger partial charge in [0.2, 0.25) is 10.0 Å². The highest BCUT2D eigenvalue weighted by molar-refractivity contribution is 7.99. The molecule has 4 aromatic carbocycles. The van der Waals surface area contributed by atoms with Gasteiger partial charge in [0, 0.05) is 29.2 Å². The van der Waals surface area contributed by atoms with Gasteiger partial charge in [0.25, 0.3) is 0 Å². The van der Waals surface area contributed by atoms with Crippen molar-refractivity contribution in [1.82, 2.24) is 4.72 Å². The van der Waals surface area contributed by atoms with Crippen LogP contribution in [0.5, 0.6) is 0 Å². The molecule has 0 bridgehead atoms. The highest BCUT2D eigenvalue weighted by atomic mass is 32.2. The summed E-state index contributed by atoms with van der Waals surface area (Å²) in [5.74, 6) is -0.326. The second-order valence-corrected chi connectivity index (χ2v) is 12.7. The Balaban J connectivity index is 1.28. The summed E-state index contributed by atoms with van der Waals surface area (Å²) in [5.41, 5.74) is 3.64. The van der Waals surface area contributed by atoms with Gasteiger partial charge >= 0.3 is 5.97 Å². The third kappa shape index (κ3) is 7.65. The minimum Gasteiger partial charge on any atom is -0.478 e. The van der Waals surface area contributed by atoms with Gasteiger partial charge < -0.3 is 19.7 Å². The van der Waals surface area contributed by atoms with Crippen molar-refractivity contribution in [3.63, 3.8) is 0 Å². The molecule has 5 rings (SSSR count). The number of hydrogen-bond donors (Lipinski definition) is 3. The third-order valence-electron chi connectivity index (χ3n) is 6.92. The molecule has 1 fully saturated rings. The van der Waals surface area contributed by atoms with E-state index >= 15 is 0 Å². The predicted molar refractivity (Wildman–Crippen MR) is 159 cm³/mol. The van der Waals surface area contributed by atoms with E-state index in [-0.39, 0.29) is 35.8 Å². The fourth-order valence-electron chi connectivity index (χ4n) is 4.56. The zero-order valence-corrected chi connectivity index (χ0v) is 24.3. The van der Waals surface area contributed by atoms with Crippen LogP contribution in [-0.2, 0) is 32.6 Å². The molecule has 3 atom stereocenters. The number of aliphatic hydroxyl groups is 1. The van der Waals surface area contributed by atoms with E-state index in [1.54, 1.807) is 66.4 Å². The van der Waals surface area contributed by atoms with Crippen molar-refractivity contribution in [3.05, 3.63) is 131 Å². The number of hydrogen-bond acceptors (Lipinski definition) is 7. The normalized spacial score (nSPS) is 18.9. The van der Waals surface area contributed by atoms with E-state index in [9.17, 15) is 18.3 Å². The van der Waals surface area contributed by atoms with Crippen molar-refractivity contribution in [2.45, 2.75) is 47.9 Å². The molecule has 0 spiro atoms. The van der Waals surface area contributed by atoms with Gasteiger partial charge in [0.15, 0.2) is 6.29 Å². The van der Waals surface area contributed by atoms with Gasteiger partial charge in [-0.15, -0.1) is 11.8 Å². The van der Waals surface area contributed by atoms with Crippen molar-refractivity contribution in [2.24, 2.45) is 0 Å². The van der Waals surface area contributed by atoms with Crippen LogP contribution in [0, 0.1) is 0 Å². The maximum absolute atomic E-state index is 12.6. The Morgan fingerprint density at radius 2 is 1.48 bits per heavy atom.